The van der Waals surface area contributed by atoms with Crippen molar-refractivity contribution in [1.82, 2.24) is 4.98 Å². The highest BCUT2D eigenvalue weighted by atomic mass is 19.1. The molecule has 0 N–H and O–H groups in total. The highest BCUT2D eigenvalue weighted by Crippen LogP contribution is 2.27. The molecule has 1 aromatic heterocycles. The van der Waals surface area contributed by atoms with Crippen molar-refractivity contribution in [1.29, 1.82) is 0 Å². The Balaban J connectivity index is 2.18. The third-order valence-electron chi connectivity index (χ3n) is 3.31. The van der Waals surface area contributed by atoms with Crippen LogP contribution in [0.15, 0.2) is 36.5 Å². The second-order valence-electron chi connectivity index (χ2n) is 6.63. The van der Waals surface area contributed by atoms with Crippen LogP contribution < -0.4 is 9.64 Å². The van der Waals surface area contributed by atoms with Gasteiger partial charge in [-0.05, 0) is 45.0 Å². The summed E-state index contributed by atoms with van der Waals surface area (Å²) in [7, 11) is 2.75. The van der Waals surface area contributed by atoms with E-state index in [-0.39, 0.29) is 17.1 Å². The van der Waals surface area contributed by atoms with E-state index in [2.05, 4.69) is 9.72 Å². The number of anilines is 1. The van der Waals surface area contributed by atoms with Crippen LogP contribution in [0.5, 0.6) is 11.5 Å². The number of aromatic nitrogens is 1. The fourth-order valence-corrected chi connectivity index (χ4v) is 2.04. The van der Waals surface area contributed by atoms with Crippen LogP contribution in [0.1, 0.15) is 31.1 Å². The van der Waals surface area contributed by atoms with E-state index in [1.54, 1.807) is 20.8 Å². The molecule has 1 heterocycles. The van der Waals surface area contributed by atoms with Crippen molar-refractivity contribution in [3.05, 3.63) is 47.9 Å². The number of rotatable bonds is 4. The zero-order valence-electron chi connectivity index (χ0n) is 15.8. The first-order chi connectivity index (χ1) is 12.6. The van der Waals surface area contributed by atoms with Crippen molar-refractivity contribution in [2.24, 2.45) is 0 Å². The van der Waals surface area contributed by atoms with Crippen molar-refractivity contribution >= 4 is 17.9 Å². The van der Waals surface area contributed by atoms with Crippen LogP contribution >= 0.6 is 0 Å². The number of ether oxygens (including phenoxy) is 3. The third kappa shape index (κ3) is 5.40. The van der Waals surface area contributed by atoms with Crippen LogP contribution in [0.4, 0.5) is 15.0 Å². The minimum atomic E-state index is -0.653. The molecule has 0 atom stereocenters. The van der Waals surface area contributed by atoms with Gasteiger partial charge in [0.2, 0.25) is 0 Å². The van der Waals surface area contributed by atoms with Crippen molar-refractivity contribution < 1.29 is 28.2 Å². The van der Waals surface area contributed by atoms with Crippen molar-refractivity contribution in [3.8, 4) is 11.5 Å². The van der Waals surface area contributed by atoms with Crippen LogP contribution in [-0.2, 0) is 9.47 Å². The van der Waals surface area contributed by atoms with E-state index in [1.165, 1.54) is 43.5 Å². The number of carbonyl (C=O) groups is 2. The fourth-order valence-electron chi connectivity index (χ4n) is 2.04. The van der Waals surface area contributed by atoms with Gasteiger partial charge in [-0.25, -0.2) is 19.0 Å². The highest BCUT2D eigenvalue weighted by Gasteiger charge is 2.21. The Labute approximate surface area is 156 Å². The summed E-state index contributed by atoms with van der Waals surface area (Å²) in [6.07, 6.45) is 0.795. The lowest BCUT2D eigenvalue weighted by Gasteiger charge is -2.24. The number of esters is 1. The molecule has 0 unspecified atom stereocenters. The normalized spacial score (nSPS) is 10.9. The summed E-state index contributed by atoms with van der Waals surface area (Å²) in [5.74, 6) is -0.626. The Morgan fingerprint density at radius 3 is 2.41 bits per heavy atom. The van der Waals surface area contributed by atoms with Gasteiger partial charge in [0.05, 0.1) is 13.3 Å². The predicted octanol–water partition coefficient (Wildman–Crippen LogP) is 4.17. The molecule has 0 radical (unpaired) electrons. The zero-order valence-corrected chi connectivity index (χ0v) is 15.8. The molecule has 2 rings (SSSR count). The quantitative estimate of drug-likeness (QED) is 0.745. The molecular weight excluding hydrogens is 355 g/mol. The number of carbonyl (C=O) groups excluding carboxylic acids is 2. The Kier molecular flexibility index (Phi) is 5.99. The first kappa shape index (κ1) is 20.2. The number of methoxy groups -OCH3 is 1. The molecule has 1 aromatic carbocycles. The molecule has 0 bridgehead atoms. The number of benzene rings is 1. The van der Waals surface area contributed by atoms with Crippen LogP contribution in [0, 0.1) is 5.82 Å². The molecule has 8 heteroatoms. The van der Waals surface area contributed by atoms with Gasteiger partial charge in [-0.2, -0.15) is 0 Å². The van der Waals surface area contributed by atoms with Gasteiger partial charge in [-0.15, -0.1) is 0 Å². The molecule has 2 aromatic rings. The van der Waals surface area contributed by atoms with Gasteiger partial charge in [0.1, 0.15) is 34.3 Å². The zero-order chi connectivity index (χ0) is 20.2. The maximum atomic E-state index is 13.5. The van der Waals surface area contributed by atoms with E-state index in [1.807, 2.05) is 0 Å². The van der Waals surface area contributed by atoms with E-state index in [0.717, 1.165) is 12.1 Å². The molecule has 7 nitrogen and oxygen atoms in total. The van der Waals surface area contributed by atoms with Gasteiger partial charge in [0.25, 0.3) is 0 Å². The predicted molar refractivity (Wildman–Crippen MR) is 96.7 cm³/mol. The second kappa shape index (κ2) is 8.03. The molecular formula is C19H21FN2O5. The summed E-state index contributed by atoms with van der Waals surface area (Å²) in [6, 6.07) is 6.56. The number of halogens is 1. The van der Waals surface area contributed by atoms with Gasteiger partial charge in [0, 0.05) is 13.1 Å². The van der Waals surface area contributed by atoms with E-state index < -0.39 is 23.5 Å². The molecule has 144 valence electrons. The van der Waals surface area contributed by atoms with Crippen LogP contribution in [0.25, 0.3) is 0 Å². The first-order valence-electron chi connectivity index (χ1n) is 8.09. The van der Waals surface area contributed by atoms with Crippen LogP contribution in [0.2, 0.25) is 0 Å². The van der Waals surface area contributed by atoms with Crippen LogP contribution in [0.3, 0.4) is 0 Å². The van der Waals surface area contributed by atoms with Gasteiger partial charge >= 0.3 is 12.1 Å². The van der Waals surface area contributed by atoms with E-state index in [4.69, 9.17) is 9.47 Å². The maximum absolute atomic E-state index is 13.5. The SMILES string of the molecule is COC(=O)c1ccc(F)cc1Oc1ccc(N(C)C(=O)OC(C)(C)C)nc1. The Bertz CT molecular complexity index is 831. The highest BCUT2D eigenvalue weighted by molar-refractivity contribution is 5.92. The van der Waals surface area contributed by atoms with Gasteiger partial charge < -0.3 is 14.2 Å². The monoisotopic (exact) mass is 376 g/mol. The number of hydrogen-bond acceptors (Lipinski definition) is 6. The molecule has 0 aliphatic heterocycles. The summed E-state index contributed by atoms with van der Waals surface area (Å²) in [5.41, 5.74) is -0.551. The largest absolute Gasteiger partial charge is 0.465 e. The molecule has 27 heavy (non-hydrogen) atoms. The van der Waals surface area contributed by atoms with Crippen molar-refractivity contribution in [2.75, 3.05) is 19.1 Å². The minimum absolute atomic E-state index is 0.00287. The van der Waals surface area contributed by atoms with E-state index in [9.17, 15) is 14.0 Å². The van der Waals surface area contributed by atoms with Gasteiger partial charge in [-0.3, -0.25) is 4.90 Å². The van der Waals surface area contributed by atoms with Crippen molar-refractivity contribution in [2.45, 2.75) is 26.4 Å². The van der Waals surface area contributed by atoms with E-state index >= 15 is 0 Å². The number of amides is 1. The summed E-state index contributed by atoms with van der Waals surface area (Å²) in [6.45, 7) is 5.29. The Hall–Kier alpha value is -3.16. The van der Waals surface area contributed by atoms with E-state index in [0.29, 0.717) is 5.82 Å². The summed E-state index contributed by atoms with van der Waals surface area (Å²) >= 11 is 0. The molecule has 0 saturated carbocycles. The summed E-state index contributed by atoms with van der Waals surface area (Å²) in [4.78, 5) is 29.2. The molecule has 1 amide bonds. The minimum Gasteiger partial charge on any atom is -0.465 e. The van der Waals surface area contributed by atoms with Crippen LogP contribution in [-0.4, -0.2) is 36.8 Å². The van der Waals surface area contributed by atoms with Gasteiger partial charge in [-0.1, -0.05) is 0 Å². The summed E-state index contributed by atoms with van der Waals surface area (Å²) < 4.78 is 29.0. The average molecular weight is 376 g/mol. The summed E-state index contributed by atoms with van der Waals surface area (Å²) in [5, 5.41) is 0. The van der Waals surface area contributed by atoms with Crippen molar-refractivity contribution in [3.63, 3.8) is 0 Å². The number of pyridine rings is 1. The fraction of sp³-hybridized carbons (Fsp3) is 0.316. The molecule has 0 aliphatic rings. The molecule has 0 aliphatic carbocycles. The lowest BCUT2D eigenvalue weighted by molar-refractivity contribution is 0.0581. The molecule has 0 fully saturated rings. The second-order valence-corrected chi connectivity index (χ2v) is 6.63. The first-order valence-corrected chi connectivity index (χ1v) is 8.09. The molecule has 0 spiro atoms. The lowest BCUT2D eigenvalue weighted by atomic mass is 10.2. The molecule has 0 saturated heterocycles. The maximum Gasteiger partial charge on any atom is 0.415 e. The Morgan fingerprint density at radius 2 is 1.85 bits per heavy atom. The van der Waals surface area contributed by atoms with Gasteiger partial charge in [0.15, 0.2) is 0 Å². The average Bonchev–Trinajstić information content (AvgIpc) is 2.60. The Morgan fingerprint density at radius 1 is 1.15 bits per heavy atom. The number of hydrogen-bond donors (Lipinski definition) is 0. The topological polar surface area (TPSA) is 78.0 Å². The smallest absolute Gasteiger partial charge is 0.415 e. The number of nitrogens with zero attached hydrogens (tertiary/aromatic N) is 2. The third-order valence-corrected chi connectivity index (χ3v) is 3.31. The lowest BCUT2D eigenvalue weighted by Crippen LogP contribution is -2.34. The standard InChI is InChI=1S/C19H21FN2O5/c1-19(2,3)27-18(24)22(4)16-9-7-13(11-21-16)26-15-10-12(20)6-8-14(15)17(23)25-5/h6-11H,1-5H3.